The largest absolute Gasteiger partial charge is 0.573 e. The summed E-state index contributed by atoms with van der Waals surface area (Å²) in [6, 6.07) is 8.05. The maximum atomic E-state index is 12.6. The number of pyridine rings is 1. The zero-order valence-corrected chi connectivity index (χ0v) is 13.8. The first-order valence-electron chi connectivity index (χ1n) is 7.78. The van der Waals surface area contributed by atoms with Crippen LogP contribution in [-0.4, -0.2) is 25.6 Å². The molecule has 0 radical (unpaired) electrons. The van der Waals surface area contributed by atoms with Gasteiger partial charge in [-0.05, 0) is 42.0 Å². The van der Waals surface area contributed by atoms with E-state index in [0.29, 0.717) is 5.69 Å². The fourth-order valence-electron chi connectivity index (χ4n) is 2.57. The second-order valence-corrected chi connectivity index (χ2v) is 5.63. The van der Waals surface area contributed by atoms with Gasteiger partial charge in [0.2, 0.25) is 5.88 Å². The van der Waals surface area contributed by atoms with Crippen LogP contribution in [0.3, 0.4) is 0 Å². The van der Waals surface area contributed by atoms with Gasteiger partial charge in [-0.2, -0.15) is 0 Å². The molecule has 3 aromatic rings. The quantitative estimate of drug-likeness (QED) is 0.707. The van der Waals surface area contributed by atoms with E-state index in [0.717, 1.165) is 22.3 Å². The molecule has 0 unspecified atom stereocenters. The highest BCUT2D eigenvalue weighted by Gasteiger charge is 2.31. The van der Waals surface area contributed by atoms with Gasteiger partial charge in [-0.25, -0.2) is 9.36 Å². The van der Waals surface area contributed by atoms with Crippen molar-refractivity contribution in [2.75, 3.05) is 0 Å². The first kappa shape index (κ1) is 18.5. The van der Waals surface area contributed by atoms with Crippen LogP contribution in [0.1, 0.15) is 11.3 Å². The van der Waals surface area contributed by atoms with Crippen LogP contribution in [0.2, 0.25) is 0 Å². The Morgan fingerprint density at radius 2 is 1.89 bits per heavy atom. The van der Waals surface area contributed by atoms with Gasteiger partial charge < -0.3 is 15.6 Å². The number of halogens is 3. The van der Waals surface area contributed by atoms with Gasteiger partial charge in [-0.15, -0.1) is 13.2 Å². The third-order valence-corrected chi connectivity index (χ3v) is 3.71. The third kappa shape index (κ3) is 4.29. The van der Waals surface area contributed by atoms with Crippen LogP contribution in [0, 0.1) is 0 Å². The first-order chi connectivity index (χ1) is 12.8. The van der Waals surface area contributed by atoms with Crippen LogP contribution < -0.4 is 16.2 Å². The van der Waals surface area contributed by atoms with Crippen molar-refractivity contribution in [2.45, 2.75) is 19.5 Å². The lowest BCUT2D eigenvalue weighted by atomic mass is 10.2. The Balaban J connectivity index is 1.88. The van der Waals surface area contributed by atoms with Crippen molar-refractivity contribution in [3.05, 3.63) is 70.5 Å². The molecule has 0 fully saturated rings. The van der Waals surface area contributed by atoms with Crippen LogP contribution in [0.25, 0.3) is 5.69 Å². The van der Waals surface area contributed by atoms with Crippen LogP contribution >= 0.6 is 0 Å². The summed E-state index contributed by atoms with van der Waals surface area (Å²) >= 11 is 0. The predicted octanol–water partition coefficient (Wildman–Crippen LogP) is 2.15. The average Bonchev–Trinajstić information content (AvgIpc) is 2.88. The molecule has 1 aromatic carbocycles. The lowest BCUT2D eigenvalue weighted by Crippen LogP contribution is -2.23. The maximum absolute atomic E-state index is 12.6. The molecule has 0 spiro atoms. The highest BCUT2D eigenvalue weighted by Crippen LogP contribution is 2.24. The topological polar surface area (TPSA) is 95.3 Å². The summed E-state index contributed by atoms with van der Waals surface area (Å²) < 4.78 is 42.7. The molecule has 0 amide bonds. The number of ether oxygens (including phenoxy) is 1. The van der Waals surface area contributed by atoms with Crippen LogP contribution in [0.4, 0.5) is 13.2 Å². The summed E-state index contributed by atoms with van der Waals surface area (Å²) in [4.78, 5) is 16.6. The molecule has 2 heterocycles. The molecular formula is C17H15F3N4O3. The molecular weight excluding hydrogens is 365 g/mol. The van der Waals surface area contributed by atoms with Crippen molar-refractivity contribution in [3.8, 4) is 17.3 Å². The Labute approximate surface area is 151 Å². The van der Waals surface area contributed by atoms with Gasteiger partial charge in [-0.3, -0.25) is 9.55 Å². The molecule has 3 rings (SSSR count). The highest BCUT2D eigenvalue weighted by atomic mass is 19.4. The molecule has 0 aliphatic carbocycles. The molecule has 3 N–H and O–H groups in total. The lowest BCUT2D eigenvalue weighted by Gasteiger charge is -2.09. The van der Waals surface area contributed by atoms with Crippen LogP contribution in [0.5, 0.6) is 11.6 Å². The number of hydrogen-bond donors (Lipinski definition) is 2. The summed E-state index contributed by atoms with van der Waals surface area (Å²) in [5.74, 6) is -0.776. The minimum absolute atomic E-state index is 0.171. The number of hydrogen-bond acceptors (Lipinski definition) is 5. The molecule has 0 atom stereocenters. The Hall–Kier alpha value is -3.27. The summed E-state index contributed by atoms with van der Waals surface area (Å²) in [5.41, 5.74) is 6.61. The van der Waals surface area contributed by atoms with E-state index in [2.05, 4.69) is 9.72 Å². The number of benzene rings is 1. The summed E-state index contributed by atoms with van der Waals surface area (Å²) in [6.45, 7) is 0.422. The Bertz CT molecular complexity index is 994. The molecule has 0 bridgehead atoms. The monoisotopic (exact) mass is 380 g/mol. The molecule has 27 heavy (non-hydrogen) atoms. The van der Waals surface area contributed by atoms with E-state index in [1.54, 1.807) is 18.3 Å². The summed E-state index contributed by atoms with van der Waals surface area (Å²) in [7, 11) is 0. The number of imidazole rings is 1. The molecule has 0 aliphatic rings. The second-order valence-electron chi connectivity index (χ2n) is 5.63. The molecule has 7 nitrogen and oxygen atoms in total. The van der Waals surface area contributed by atoms with E-state index < -0.39 is 17.8 Å². The molecule has 0 saturated carbocycles. The summed E-state index contributed by atoms with van der Waals surface area (Å²) in [6.07, 6.45) is -2.00. The maximum Gasteiger partial charge on any atom is 0.573 e. The van der Waals surface area contributed by atoms with E-state index in [9.17, 15) is 23.1 Å². The number of aromatic hydroxyl groups is 1. The fraction of sp³-hybridized carbons (Fsp3) is 0.176. The van der Waals surface area contributed by atoms with Gasteiger partial charge in [0.05, 0.1) is 24.1 Å². The standard InChI is InChI=1S/C17H15F3N4O3/c18-17(19,20)27-14-3-1-13(2-4-14)24-15(25)10-23(16(24)26)9-11-5-6-22-12(7-11)8-21/h1-7,10,25H,8-9,21H2. The normalized spacial score (nSPS) is 11.6. The summed E-state index contributed by atoms with van der Waals surface area (Å²) in [5, 5.41) is 10.1. The molecule has 0 aliphatic heterocycles. The van der Waals surface area contributed by atoms with Crippen molar-refractivity contribution < 1.29 is 23.0 Å². The third-order valence-electron chi connectivity index (χ3n) is 3.71. The van der Waals surface area contributed by atoms with E-state index in [4.69, 9.17) is 5.73 Å². The number of nitrogens with two attached hydrogens (primary N) is 1. The second kappa shape index (κ2) is 7.16. The van der Waals surface area contributed by atoms with Gasteiger partial charge in [0.15, 0.2) is 0 Å². The van der Waals surface area contributed by atoms with Crippen molar-refractivity contribution in [2.24, 2.45) is 5.73 Å². The average molecular weight is 380 g/mol. The van der Waals surface area contributed by atoms with Crippen molar-refractivity contribution in [3.63, 3.8) is 0 Å². The smallest absolute Gasteiger partial charge is 0.493 e. The van der Waals surface area contributed by atoms with Gasteiger partial charge in [-0.1, -0.05) is 0 Å². The number of nitrogens with zero attached hydrogens (tertiary/aromatic N) is 3. The van der Waals surface area contributed by atoms with E-state index >= 15 is 0 Å². The van der Waals surface area contributed by atoms with E-state index in [1.807, 2.05) is 0 Å². The van der Waals surface area contributed by atoms with Crippen molar-refractivity contribution >= 4 is 0 Å². The first-order valence-corrected chi connectivity index (χ1v) is 7.78. The van der Waals surface area contributed by atoms with Gasteiger partial charge in [0.25, 0.3) is 0 Å². The Morgan fingerprint density at radius 3 is 2.52 bits per heavy atom. The zero-order valence-electron chi connectivity index (χ0n) is 13.8. The zero-order chi connectivity index (χ0) is 19.6. The molecule has 2 aromatic heterocycles. The minimum atomic E-state index is -4.81. The SMILES string of the molecule is NCc1cc(Cn2cc(O)n(-c3ccc(OC(F)(F)F)cc3)c2=O)ccn1. The number of alkyl halides is 3. The van der Waals surface area contributed by atoms with E-state index in [-0.39, 0.29) is 24.7 Å². The van der Waals surface area contributed by atoms with Crippen molar-refractivity contribution in [1.29, 1.82) is 0 Å². The van der Waals surface area contributed by atoms with Gasteiger partial charge in [0.1, 0.15) is 5.75 Å². The van der Waals surface area contributed by atoms with E-state index in [1.165, 1.54) is 22.9 Å². The number of rotatable bonds is 5. The fourth-order valence-corrected chi connectivity index (χ4v) is 2.57. The lowest BCUT2D eigenvalue weighted by molar-refractivity contribution is -0.274. The highest BCUT2D eigenvalue weighted by molar-refractivity contribution is 5.40. The molecule has 10 heteroatoms. The van der Waals surface area contributed by atoms with Crippen molar-refractivity contribution in [1.82, 2.24) is 14.1 Å². The predicted molar refractivity (Wildman–Crippen MR) is 89.6 cm³/mol. The molecule has 0 saturated heterocycles. The van der Waals surface area contributed by atoms with Gasteiger partial charge >= 0.3 is 12.1 Å². The molecule has 142 valence electrons. The Morgan fingerprint density at radius 1 is 1.19 bits per heavy atom. The minimum Gasteiger partial charge on any atom is -0.493 e. The van der Waals surface area contributed by atoms with Gasteiger partial charge in [0, 0.05) is 12.7 Å². The Kier molecular flexibility index (Phi) is 4.91. The number of aromatic nitrogens is 3. The van der Waals surface area contributed by atoms with Crippen LogP contribution in [-0.2, 0) is 13.1 Å². The van der Waals surface area contributed by atoms with Crippen LogP contribution in [0.15, 0.2) is 53.6 Å².